The molecule has 4 amide bonds. The maximum atomic E-state index is 13.4. The minimum atomic E-state index is -0.172. The summed E-state index contributed by atoms with van der Waals surface area (Å²) in [5.74, 6) is 6.29. The lowest BCUT2D eigenvalue weighted by atomic mass is 10.0. The van der Waals surface area contributed by atoms with Gasteiger partial charge < -0.3 is 80.2 Å². The van der Waals surface area contributed by atoms with E-state index in [0.717, 1.165) is 207 Å². The minimum Gasteiger partial charge on any atom is -0.457 e. The zero-order valence-electron chi connectivity index (χ0n) is 87.6. The van der Waals surface area contributed by atoms with Gasteiger partial charge in [-0.1, -0.05) is 97.1 Å². The second kappa shape index (κ2) is 49.6. The summed E-state index contributed by atoms with van der Waals surface area (Å²) in [4.78, 5) is 63.3. The van der Waals surface area contributed by atoms with Gasteiger partial charge in [-0.05, 0) is 400 Å². The molecule has 0 spiro atoms. The fraction of sp³-hybridized carbons (Fsp3) is 0.270. The van der Waals surface area contributed by atoms with E-state index in [4.69, 9.17) is 24.7 Å². The van der Waals surface area contributed by atoms with Crippen molar-refractivity contribution in [1.82, 2.24) is 53.8 Å². The highest BCUT2D eigenvalue weighted by atomic mass is 16.5. The number of fused-ring (bicyclic) bond motifs is 1. The molecule has 5 atom stereocenters. The van der Waals surface area contributed by atoms with Crippen molar-refractivity contribution in [3.63, 3.8) is 0 Å². The number of carbonyl (C=O) groups is 4. The van der Waals surface area contributed by atoms with E-state index in [-0.39, 0.29) is 23.6 Å². The fourth-order valence-corrected chi connectivity index (χ4v) is 20.3. The molecule has 24 heteroatoms. The summed E-state index contributed by atoms with van der Waals surface area (Å²) in [7, 11) is 4.07. The summed E-state index contributed by atoms with van der Waals surface area (Å²) < 4.78 is 32.6. The number of benzene rings is 12. The number of para-hydroxylation sites is 4. The van der Waals surface area contributed by atoms with Crippen LogP contribution in [0.2, 0.25) is 0 Å². The third-order valence-electron chi connectivity index (χ3n) is 28.5. The summed E-state index contributed by atoms with van der Waals surface area (Å²) in [6, 6.07) is 96.1. The highest BCUT2D eigenvalue weighted by Crippen LogP contribution is 2.37. The number of aromatic nitrogens is 4. The van der Waals surface area contributed by atoms with E-state index < -0.39 is 0 Å². The lowest BCUT2D eigenvalue weighted by Crippen LogP contribution is -2.43. The van der Waals surface area contributed by atoms with E-state index in [9.17, 15) is 19.2 Å². The molecule has 150 heavy (non-hydrogen) atoms. The number of piperidine rings is 1. The summed E-state index contributed by atoms with van der Waals surface area (Å²) in [6.45, 7) is 29.9. The first-order valence-corrected chi connectivity index (χ1v) is 52.3. The van der Waals surface area contributed by atoms with Gasteiger partial charge in [-0.25, -0.2) is 0 Å². The van der Waals surface area contributed by atoms with Gasteiger partial charge in [0.25, 0.3) is 23.6 Å². The average Bonchev–Trinajstić information content (AvgIpc) is 1.73. The highest BCUT2D eigenvalue weighted by Gasteiger charge is 2.36. The van der Waals surface area contributed by atoms with Crippen molar-refractivity contribution in [1.29, 1.82) is 0 Å². The van der Waals surface area contributed by atoms with Gasteiger partial charge in [0.2, 0.25) is 0 Å². The molecular weight excluding hydrogens is 1870 g/mol. The van der Waals surface area contributed by atoms with Crippen LogP contribution in [0.1, 0.15) is 140 Å². The number of hydrogen-bond donors (Lipinski definition) is 8. The van der Waals surface area contributed by atoms with Gasteiger partial charge in [0.05, 0.1) is 0 Å². The molecule has 21 rings (SSSR count). The summed E-state index contributed by atoms with van der Waals surface area (Å²) >= 11 is 0. The Labute approximate surface area is 881 Å². The van der Waals surface area contributed by atoms with Gasteiger partial charge in [0.15, 0.2) is 0 Å². The largest absolute Gasteiger partial charge is 0.457 e. The molecule has 12 aromatic carbocycles. The van der Waals surface area contributed by atoms with Crippen LogP contribution < -0.4 is 61.9 Å². The van der Waals surface area contributed by atoms with Crippen molar-refractivity contribution >= 4 is 46.4 Å². The number of carbonyl (C=O) groups excluding carboxylic acids is 4. The number of ether oxygens (including phenoxy) is 4. The molecule has 0 radical (unpaired) electrons. The van der Waals surface area contributed by atoms with Crippen LogP contribution in [-0.2, 0) is 26.2 Å². The number of nitrogens with two attached hydrogens (primary N) is 1. The summed E-state index contributed by atoms with van der Waals surface area (Å²) in [5, 5.41) is 23.0. The number of hydrogen-bond acceptors (Lipinski definition) is 16. The minimum absolute atomic E-state index is 0.158. The van der Waals surface area contributed by atoms with Gasteiger partial charge in [0.1, 0.15) is 46.0 Å². The molecule has 16 aromatic rings. The zero-order chi connectivity index (χ0) is 104. The Hall–Kier alpha value is -15.5. The van der Waals surface area contributed by atoms with Crippen molar-refractivity contribution in [3.05, 3.63) is 430 Å². The van der Waals surface area contributed by atoms with Crippen LogP contribution in [-0.4, -0.2) is 159 Å². The first kappa shape index (κ1) is 104. The number of rotatable bonds is 31. The van der Waals surface area contributed by atoms with Gasteiger partial charge in [-0.3, -0.25) is 38.8 Å². The normalized spacial score (nSPS) is 16.5. The Morgan fingerprint density at radius 3 is 0.920 bits per heavy atom. The van der Waals surface area contributed by atoms with Crippen LogP contribution in [0.15, 0.2) is 341 Å². The predicted octanol–water partition coefficient (Wildman–Crippen LogP) is 24.1. The SMILES string of the molecule is CN[C@H]1CCCN(Cc2cc(NC(=O)c3ccc(C)c(Oc4ccccc4)c3)cc(-n3ccc(C)c3)c2)C1.CN[C@H]1CCN(Cc2cc(NC(=O)c3ccc(C)c(Oc4ccccc4)c3)cc(-n3ccc(C)c3)c2)C1.Cc1ccn(-c2cc(CN3CC[C@H](CN)C3)cc(NC(=O)c3ccc(C)c(Oc4ccccc4)c3)c2)c1.Cc1ccn(-c2cc(CN3C[C@@H]4CCN[C@@H]4C3)cc(NC(=O)c3ccc(C)c(Oc4ccccc4)c3)c2)c1. The molecule has 24 nitrogen and oxygen atoms in total. The van der Waals surface area contributed by atoms with Crippen LogP contribution >= 0.6 is 0 Å². The van der Waals surface area contributed by atoms with Gasteiger partial charge in [0, 0.05) is 201 Å². The number of nitrogens with one attached hydrogen (secondary N) is 7. The molecule has 5 saturated heterocycles. The van der Waals surface area contributed by atoms with E-state index in [1.807, 2.05) is 254 Å². The average molecular weight is 2000 g/mol. The van der Waals surface area contributed by atoms with Crippen LogP contribution in [0.25, 0.3) is 22.7 Å². The monoisotopic (exact) mass is 2000 g/mol. The van der Waals surface area contributed by atoms with Crippen molar-refractivity contribution in [2.75, 3.05) is 101 Å². The first-order chi connectivity index (χ1) is 72.9. The molecule has 770 valence electrons. The van der Waals surface area contributed by atoms with Crippen LogP contribution in [0.4, 0.5) is 22.7 Å². The van der Waals surface area contributed by atoms with Gasteiger partial charge >= 0.3 is 0 Å². The van der Waals surface area contributed by atoms with Crippen LogP contribution in [0, 0.1) is 67.2 Å². The summed E-state index contributed by atoms with van der Waals surface area (Å²) in [6.07, 6.45) is 22.6. The van der Waals surface area contributed by atoms with Crippen molar-refractivity contribution in [2.45, 2.75) is 132 Å². The maximum absolute atomic E-state index is 13.4. The Bertz CT molecular complexity index is 6900. The van der Waals surface area contributed by atoms with Gasteiger partial charge in [-0.15, -0.1) is 0 Å². The van der Waals surface area contributed by atoms with E-state index in [1.54, 1.807) is 12.1 Å². The van der Waals surface area contributed by atoms with E-state index >= 15 is 0 Å². The predicted molar refractivity (Wildman–Crippen MR) is 602 cm³/mol. The molecule has 0 saturated carbocycles. The Morgan fingerprint density at radius 2 is 0.627 bits per heavy atom. The molecule has 5 fully saturated rings. The first-order valence-electron chi connectivity index (χ1n) is 52.3. The second-order valence-corrected chi connectivity index (χ2v) is 40.6. The molecule has 5 aliphatic rings. The third-order valence-corrected chi connectivity index (χ3v) is 28.5. The van der Waals surface area contributed by atoms with E-state index in [0.29, 0.717) is 69.3 Å². The Morgan fingerprint density at radius 1 is 0.320 bits per heavy atom. The highest BCUT2D eigenvalue weighted by molar-refractivity contribution is 6.07. The number of likely N-dealkylation sites (tertiary alicyclic amines) is 4. The standard InChI is InChI=1S/C32H34N4O2.C32H36N4O2.2C31H34N4O2/c1-22-11-13-36(18-22)28-15-24(19-35-20-26-10-12-33-30(26)21-35)14-27(17-28)34-32(37)25-9-8-23(2)31(16-25)38-29-6-4-3-5-7-29;1-23-13-15-36(20-23)29-17-25(21-35-14-7-8-27(22-35)33-3)16-28(19-29)34-32(37)26-12-11-24(2)31(18-26)38-30-9-5-4-6-10-30;1-22-11-14-35(19-22)28-16-24(20-34-13-12-26(21-34)32-3)15-27(18-28)33-31(36)25-10-9-23(2)30(17-25)37-29-7-5-4-6-8-29;1-22-10-13-35(19-22)28-15-25(21-34-12-11-24(18-32)20-34)14-27(17-28)33-31(36)26-9-8-23(2)30(16-26)37-29-6-4-3-5-7-29/h3-9,11,13-18,26,30,33H,10,12,19-21H2,1-2H3,(H,34,37);4-6,9-13,15-20,27,33H,7-8,14,21-22H2,1-3H3,(H,34,37);4-11,14-19,26,32H,12-13,20-21H2,1-3H3,(H,33,36);3-10,13-17,19,24H,11-12,18,20-21,32H2,1-2H3,(H,33,36)/t26-,30+;27-;26-;24-/m0001/s1. The van der Waals surface area contributed by atoms with Crippen molar-refractivity contribution in [3.8, 4) is 68.7 Å². The Kier molecular flexibility index (Phi) is 34.5. The maximum Gasteiger partial charge on any atom is 0.255 e. The second-order valence-electron chi connectivity index (χ2n) is 40.6. The third kappa shape index (κ3) is 28.3. The quantitative estimate of drug-likeness (QED) is 0.0201. The molecule has 9 heterocycles. The van der Waals surface area contributed by atoms with Crippen LogP contribution in [0.5, 0.6) is 46.0 Å². The number of anilines is 4. The number of likely N-dealkylation sites (N-methyl/N-ethyl adjacent to an activating group) is 2. The molecule has 0 aliphatic carbocycles. The number of nitrogens with zero attached hydrogens (tertiary/aromatic N) is 8. The van der Waals surface area contributed by atoms with Crippen molar-refractivity contribution < 1.29 is 38.1 Å². The fourth-order valence-electron chi connectivity index (χ4n) is 20.3. The molecule has 4 aromatic heterocycles. The van der Waals surface area contributed by atoms with Crippen LogP contribution in [0.3, 0.4) is 0 Å². The zero-order valence-corrected chi connectivity index (χ0v) is 87.6. The molecule has 5 aliphatic heterocycles. The smallest absolute Gasteiger partial charge is 0.255 e. The van der Waals surface area contributed by atoms with Crippen molar-refractivity contribution in [2.24, 2.45) is 17.6 Å². The number of amides is 4. The molecule has 9 N–H and O–H groups in total. The summed E-state index contributed by atoms with van der Waals surface area (Å²) in [5.41, 5.74) is 28.7. The molecule has 0 bridgehead atoms. The molecule has 0 unspecified atom stereocenters. The topological polar surface area (TPSA) is 248 Å². The lowest BCUT2D eigenvalue weighted by molar-refractivity contribution is 0.101. The van der Waals surface area contributed by atoms with E-state index in [1.165, 1.54) is 58.2 Å². The van der Waals surface area contributed by atoms with E-state index in [2.05, 4.69) is 219 Å². The molecular formula is C126H138N16O8. The number of aryl methyl sites for hydroxylation is 8. The van der Waals surface area contributed by atoms with Gasteiger partial charge in [-0.2, -0.15) is 0 Å². The lowest BCUT2D eigenvalue weighted by Gasteiger charge is -2.32. The Balaban J connectivity index is 0.000000130.